The fourth-order valence-corrected chi connectivity index (χ4v) is 5.27. The lowest BCUT2D eigenvalue weighted by atomic mass is 10.0. The molecule has 0 saturated carbocycles. The normalized spacial score (nSPS) is 15.3. The summed E-state index contributed by atoms with van der Waals surface area (Å²) in [6.07, 6.45) is 1.82. The van der Waals surface area contributed by atoms with Crippen LogP contribution in [0.4, 0.5) is 5.82 Å². The molecule has 0 unspecified atom stereocenters. The first kappa shape index (κ1) is 19.3. The molecule has 4 aromatic rings. The highest BCUT2D eigenvalue weighted by atomic mass is 32.1. The third kappa shape index (κ3) is 3.61. The van der Waals surface area contributed by atoms with Gasteiger partial charge < -0.3 is 9.88 Å². The van der Waals surface area contributed by atoms with Gasteiger partial charge in [-0.15, -0.1) is 0 Å². The number of aromatic amines is 1. The maximum Gasteiger partial charge on any atom is 0.248 e. The smallest absolute Gasteiger partial charge is 0.248 e. The van der Waals surface area contributed by atoms with E-state index in [4.69, 9.17) is 4.37 Å². The molecular weight excluding hydrogens is 392 g/mol. The fourth-order valence-electron chi connectivity index (χ4n) is 4.47. The summed E-state index contributed by atoms with van der Waals surface area (Å²) in [5.74, 6) is 1.13. The van der Waals surface area contributed by atoms with Crippen molar-refractivity contribution < 1.29 is 0 Å². The van der Waals surface area contributed by atoms with E-state index in [1.165, 1.54) is 21.0 Å². The first-order chi connectivity index (χ1) is 14.7. The van der Waals surface area contributed by atoms with Gasteiger partial charge in [-0.05, 0) is 47.6 Å². The van der Waals surface area contributed by atoms with Crippen molar-refractivity contribution in [1.29, 1.82) is 0 Å². The van der Waals surface area contributed by atoms with Crippen molar-refractivity contribution in [3.8, 4) is 0 Å². The number of benzene rings is 2. The van der Waals surface area contributed by atoms with Gasteiger partial charge in [-0.2, -0.15) is 4.37 Å². The second kappa shape index (κ2) is 8.20. The molecule has 1 N–H and O–H groups in total. The Hall–Kier alpha value is -2.70. The molecule has 5 rings (SSSR count). The van der Waals surface area contributed by atoms with Crippen molar-refractivity contribution in [1.82, 2.24) is 14.3 Å². The Balaban J connectivity index is 1.27. The number of aromatic nitrogens is 2. The standard InChI is InChI=1S/C24H26N4OS/c1-2-17-16-22(29)25-23-18(6-5-8-19(17)23)10-11-27-12-14-28(15-13-27)24-20-7-3-4-9-21(20)30-26-24/h3-9,16H,2,10-15H2,1H3,(H,25,29). The molecule has 154 valence electrons. The summed E-state index contributed by atoms with van der Waals surface area (Å²) in [5.41, 5.74) is 3.36. The number of H-pyrrole nitrogens is 1. The van der Waals surface area contributed by atoms with Crippen molar-refractivity contribution >= 4 is 38.3 Å². The molecule has 1 fully saturated rings. The number of piperazine rings is 1. The molecule has 0 atom stereocenters. The summed E-state index contributed by atoms with van der Waals surface area (Å²) in [5, 5.41) is 2.44. The maximum atomic E-state index is 12.1. The van der Waals surface area contributed by atoms with Crippen LogP contribution in [0.15, 0.2) is 53.3 Å². The summed E-state index contributed by atoms with van der Waals surface area (Å²) < 4.78 is 5.97. The Labute approximate surface area is 180 Å². The van der Waals surface area contributed by atoms with Crippen LogP contribution >= 0.6 is 11.5 Å². The van der Waals surface area contributed by atoms with Crippen LogP contribution in [0.3, 0.4) is 0 Å². The van der Waals surface area contributed by atoms with Crippen molar-refractivity contribution in [2.75, 3.05) is 37.6 Å². The third-order valence-electron chi connectivity index (χ3n) is 6.16. The molecule has 0 amide bonds. The lowest BCUT2D eigenvalue weighted by Crippen LogP contribution is -2.47. The number of anilines is 1. The van der Waals surface area contributed by atoms with Gasteiger partial charge in [0, 0.05) is 49.6 Å². The van der Waals surface area contributed by atoms with E-state index in [9.17, 15) is 4.79 Å². The number of para-hydroxylation sites is 1. The van der Waals surface area contributed by atoms with Crippen LogP contribution in [0, 0.1) is 0 Å². The van der Waals surface area contributed by atoms with E-state index in [0.717, 1.165) is 62.5 Å². The van der Waals surface area contributed by atoms with Gasteiger partial charge in [0.05, 0.1) is 10.2 Å². The molecule has 5 nitrogen and oxygen atoms in total. The van der Waals surface area contributed by atoms with Gasteiger partial charge in [-0.1, -0.05) is 37.3 Å². The SMILES string of the molecule is CCc1cc(=O)[nH]c2c(CCN3CCN(c4nsc5ccccc45)CC3)cccc12. The quantitative estimate of drug-likeness (QED) is 0.531. The number of hydrogen-bond acceptors (Lipinski definition) is 5. The summed E-state index contributed by atoms with van der Waals surface area (Å²) >= 11 is 1.59. The highest BCUT2D eigenvalue weighted by Crippen LogP contribution is 2.30. The zero-order valence-corrected chi connectivity index (χ0v) is 18.0. The Kier molecular flexibility index (Phi) is 5.27. The lowest BCUT2D eigenvalue weighted by Gasteiger charge is -2.35. The van der Waals surface area contributed by atoms with Crippen LogP contribution in [0.25, 0.3) is 21.0 Å². The minimum atomic E-state index is -0.00379. The zero-order chi connectivity index (χ0) is 20.5. The number of nitrogens with one attached hydrogen (secondary N) is 1. The van der Waals surface area contributed by atoms with Crippen LogP contribution in [0.2, 0.25) is 0 Å². The molecule has 30 heavy (non-hydrogen) atoms. The molecule has 1 aliphatic rings. The molecule has 1 saturated heterocycles. The van der Waals surface area contributed by atoms with Gasteiger partial charge in [0.2, 0.25) is 5.56 Å². The largest absolute Gasteiger partial charge is 0.353 e. The van der Waals surface area contributed by atoms with E-state index < -0.39 is 0 Å². The van der Waals surface area contributed by atoms with E-state index in [0.29, 0.717) is 0 Å². The van der Waals surface area contributed by atoms with Gasteiger partial charge in [0.25, 0.3) is 0 Å². The molecule has 0 bridgehead atoms. The first-order valence-corrected chi connectivity index (χ1v) is 11.5. The first-order valence-electron chi connectivity index (χ1n) is 10.7. The van der Waals surface area contributed by atoms with Crippen LogP contribution < -0.4 is 10.5 Å². The van der Waals surface area contributed by atoms with Crippen LogP contribution in [-0.2, 0) is 12.8 Å². The molecule has 6 heteroatoms. The summed E-state index contributed by atoms with van der Waals surface area (Å²) in [6.45, 7) is 7.18. The van der Waals surface area contributed by atoms with Crippen LogP contribution in [-0.4, -0.2) is 47.0 Å². The predicted octanol–water partition coefficient (Wildman–Crippen LogP) is 4.06. The number of fused-ring (bicyclic) bond motifs is 2. The number of rotatable bonds is 5. The number of pyridine rings is 1. The van der Waals surface area contributed by atoms with E-state index in [-0.39, 0.29) is 5.56 Å². The molecule has 3 heterocycles. The Bertz CT molecular complexity index is 1240. The minimum Gasteiger partial charge on any atom is -0.353 e. The third-order valence-corrected chi connectivity index (χ3v) is 6.98. The van der Waals surface area contributed by atoms with Crippen LogP contribution in [0.1, 0.15) is 18.1 Å². The minimum absolute atomic E-state index is 0.00379. The van der Waals surface area contributed by atoms with E-state index in [1.807, 2.05) is 0 Å². The molecule has 0 aliphatic carbocycles. The molecule has 2 aromatic carbocycles. The Morgan fingerprint density at radius 1 is 1.00 bits per heavy atom. The summed E-state index contributed by atoms with van der Waals surface area (Å²) in [4.78, 5) is 20.1. The van der Waals surface area contributed by atoms with E-state index >= 15 is 0 Å². The maximum absolute atomic E-state index is 12.1. The van der Waals surface area contributed by atoms with Gasteiger partial charge in [-0.25, -0.2) is 0 Å². The zero-order valence-electron chi connectivity index (χ0n) is 17.2. The van der Waals surface area contributed by atoms with Crippen molar-refractivity contribution in [2.45, 2.75) is 19.8 Å². The average Bonchev–Trinajstić information content (AvgIpc) is 3.21. The van der Waals surface area contributed by atoms with Crippen molar-refractivity contribution in [3.05, 3.63) is 70.0 Å². The average molecular weight is 419 g/mol. The molecule has 1 aliphatic heterocycles. The van der Waals surface area contributed by atoms with Gasteiger partial charge >= 0.3 is 0 Å². The van der Waals surface area contributed by atoms with Gasteiger partial charge in [0.1, 0.15) is 5.82 Å². The number of aryl methyl sites for hydroxylation is 1. The highest BCUT2D eigenvalue weighted by Gasteiger charge is 2.20. The summed E-state index contributed by atoms with van der Waals surface area (Å²) in [6, 6.07) is 16.6. The Morgan fingerprint density at radius 2 is 1.80 bits per heavy atom. The van der Waals surface area contributed by atoms with Crippen LogP contribution in [0.5, 0.6) is 0 Å². The van der Waals surface area contributed by atoms with Gasteiger partial charge in [-0.3, -0.25) is 9.69 Å². The fraction of sp³-hybridized carbons (Fsp3) is 0.333. The predicted molar refractivity (Wildman–Crippen MR) is 126 cm³/mol. The summed E-state index contributed by atoms with van der Waals surface area (Å²) in [7, 11) is 0. The van der Waals surface area contributed by atoms with E-state index in [2.05, 4.69) is 64.2 Å². The van der Waals surface area contributed by atoms with Crippen molar-refractivity contribution in [3.63, 3.8) is 0 Å². The number of hydrogen-bond donors (Lipinski definition) is 1. The monoisotopic (exact) mass is 418 g/mol. The molecule has 2 aromatic heterocycles. The molecular formula is C24H26N4OS. The molecule has 0 radical (unpaired) electrons. The van der Waals surface area contributed by atoms with Gasteiger partial charge in [0.15, 0.2) is 0 Å². The second-order valence-electron chi connectivity index (χ2n) is 7.93. The van der Waals surface area contributed by atoms with E-state index in [1.54, 1.807) is 17.6 Å². The number of nitrogens with zero attached hydrogens (tertiary/aromatic N) is 3. The highest BCUT2D eigenvalue weighted by molar-refractivity contribution is 7.13. The second-order valence-corrected chi connectivity index (χ2v) is 8.74. The Morgan fingerprint density at radius 3 is 2.63 bits per heavy atom. The molecule has 0 spiro atoms. The lowest BCUT2D eigenvalue weighted by molar-refractivity contribution is 0.261. The van der Waals surface area contributed by atoms with Crippen molar-refractivity contribution in [2.24, 2.45) is 0 Å². The topological polar surface area (TPSA) is 52.2 Å².